The first-order valence-corrected chi connectivity index (χ1v) is 6.22. The van der Waals surface area contributed by atoms with Gasteiger partial charge in [-0.25, -0.2) is 8.78 Å². The molecule has 0 radical (unpaired) electrons. The van der Waals surface area contributed by atoms with Gasteiger partial charge in [-0.15, -0.1) is 0 Å². The topological polar surface area (TPSA) is 17.1 Å². The monoisotopic (exact) mass is 244 g/mol. The lowest BCUT2D eigenvalue weighted by molar-refractivity contribution is 0.101. The Hall–Kier alpha value is -0.900. The molecular weight excluding hydrogens is 230 g/mol. The van der Waals surface area contributed by atoms with Gasteiger partial charge in [-0.1, -0.05) is 13.8 Å². The summed E-state index contributed by atoms with van der Waals surface area (Å²) in [4.78, 5) is 11.6. The zero-order valence-corrected chi connectivity index (χ0v) is 10.1. The molecule has 0 aliphatic carbocycles. The summed E-state index contributed by atoms with van der Waals surface area (Å²) in [5.74, 6) is -0.145. The van der Waals surface area contributed by atoms with Crippen LogP contribution in [0.25, 0.3) is 0 Å². The highest BCUT2D eigenvalue weighted by atomic mass is 32.2. The Morgan fingerprint density at radius 2 is 2.06 bits per heavy atom. The fourth-order valence-corrected chi connectivity index (χ4v) is 2.11. The third kappa shape index (κ3) is 3.93. The number of Topliss-reactive ketones (excluding diaryl/α,β-unsaturated/α-hetero) is 1. The van der Waals surface area contributed by atoms with E-state index in [1.165, 1.54) is 17.8 Å². The molecule has 0 heterocycles. The predicted octanol–water partition coefficient (Wildman–Crippen LogP) is 3.54. The molecule has 0 aliphatic heterocycles. The Morgan fingerprint density at radius 3 is 2.62 bits per heavy atom. The Labute approximate surface area is 98.2 Å². The summed E-state index contributed by atoms with van der Waals surface area (Å²) in [6.07, 6.45) is 0. The number of halogens is 2. The molecule has 1 aromatic carbocycles. The number of carbonyl (C=O) groups excluding carboxylic acids is 1. The van der Waals surface area contributed by atoms with E-state index in [2.05, 4.69) is 13.8 Å². The van der Waals surface area contributed by atoms with E-state index < -0.39 is 11.6 Å². The minimum atomic E-state index is -0.782. The van der Waals surface area contributed by atoms with Crippen LogP contribution in [0.5, 0.6) is 0 Å². The van der Waals surface area contributed by atoms with Crippen molar-refractivity contribution in [2.75, 3.05) is 11.5 Å². The highest BCUT2D eigenvalue weighted by molar-refractivity contribution is 7.99. The summed E-state index contributed by atoms with van der Waals surface area (Å²) in [6.45, 7) is 4.10. The second kappa shape index (κ2) is 5.99. The highest BCUT2D eigenvalue weighted by Gasteiger charge is 2.12. The molecule has 0 unspecified atom stereocenters. The standard InChI is InChI=1S/C12H14F2OS/c1-8(2)6-16-7-12(15)10-4-3-9(13)5-11(10)14/h3-5,8H,6-7H2,1-2H3. The van der Waals surface area contributed by atoms with Crippen LogP contribution < -0.4 is 0 Å². The first-order chi connectivity index (χ1) is 7.50. The number of rotatable bonds is 5. The van der Waals surface area contributed by atoms with Gasteiger partial charge >= 0.3 is 0 Å². The van der Waals surface area contributed by atoms with Crippen LogP contribution in [0.4, 0.5) is 8.78 Å². The minimum absolute atomic E-state index is 0.0299. The summed E-state index contributed by atoms with van der Waals surface area (Å²) >= 11 is 1.47. The summed E-state index contributed by atoms with van der Waals surface area (Å²) in [6, 6.07) is 3.03. The Morgan fingerprint density at radius 1 is 1.38 bits per heavy atom. The molecule has 88 valence electrons. The molecule has 1 rings (SSSR count). The zero-order chi connectivity index (χ0) is 12.1. The van der Waals surface area contributed by atoms with Crippen LogP contribution >= 0.6 is 11.8 Å². The van der Waals surface area contributed by atoms with Crippen molar-refractivity contribution in [3.63, 3.8) is 0 Å². The zero-order valence-electron chi connectivity index (χ0n) is 9.30. The van der Waals surface area contributed by atoms with Crippen molar-refractivity contribution in [2.45, 2.75) is 13.8 Å². The molecule has 4 heteroatoms. The molecule has 1 aromatic rings. The third-order valence-corrected chi connectivity index (χ3v) is 3.28. The maximum absolute atomic E-state index is 13.2. The molecular formula is C12H14F2OS. The normalized spacial score (nSPS) is 10.8. The van der Waals surface area contributed by atoms with E-state index in [9.17, 15) is 13.6 Å². The molecule has 16 heavy (non-hydrogen) atoms. The van der Waals surface area contributed by atoms with Crippen molar-refractivity contribution in [3.8, 4) is 0 Å². The first-order valence-electron chi connectivity index (χ1n) is 5.06. The van der Waals surface area contributed by atoms with Crippen LogP contribution in [-0.2, 0) is 0 Å². The molecule has 0 aromatic heterocycles. The number of ketones is 1. The van der Waals surface area contributed by atoms with Gasteiger partial charge in [0.1, 0.15) is 11.6 Å². The molecule has 0 saturated heterocycles. The van der Waals surface area contributed by atoms with E-state index in [1.807, 2.05) is 0 Å². The number of hydrogen-bond acceptors (Lipinski definition) is 2. The Kier molecular flexibility index (Phi) is 4.93. The largest absolute Gasteiger partial charge is 0.293 e. The lowest BCUT2D eigenvalue weighted by atomic mass is 10.1. The van der Waals surface area contributed by atoms with Crippen LogP contribution in [0, 0.1) is 17.6 Å². The number of benzene rings is 1. The molecule has 0 aliphatic rings. The second-order valence-electron chi connectivity index (χ2n) is 3.96. The summed E-state index contributed by atoms with van der Waals surface area (Å²) in [5.41, 5.74) is -0.0299. The summed E-state index contributed by atoms with van der Waals surface area (Å²) in [5, 5.41) is 0. The van der Waals surface area contributed by atoms with Gasteiger partial charge in [-0.2, -0.15) is 11.8 Å². The first kappa shape index (κ1) is 13.2. The van der Waals surface area contributed by atoms with Crippen LogP contribution in [0.2, 0.25) is 0 Å². The average Bonchev–Trinajstić information content (AvgIpc) is 2.16. The molecule has 0 saturated carbocycles. The van der Waals surface area contributed by atoms with Crippen LogP contribution in [0.15, 0.2) is 18.2 Å². The smallest absolute Gasteiger partial charge is 0.175 e. The van der Waals surface area contributed by atoms with Gasteiger partial charge < -0.3 is 0 Å². The fourth-order valence-electron chi connectivity index (χ4n) is 1.18. The van der Waals surface area contributed by atoms with Crippen molar-refractivity contribution in [1.29, 1.82) is 0 Å². The molecule has 0 atom stereocenters. The van der Waals surface area contributed by atoms with Crippen LogP contribution in [0.1, 0.15) is 24.2 Å². The molecule has 0 N–H and O–H groups in total. The van der Waals surface area contributed by atoms with E-state index in [1.54, 1.807) is 0 Å². The van der Waals surface area contributed by atoms with Crippen molar-refractivity contribution in [3.05, 3.63) is 35.4 Å². The molecule has 1 nitrogen and oxygen atoms in total. The Bertz CT molecular complexity index is 377. The maximum atomic E-state index is 13.2. The maximum Gasteiger partial charge on any atom is 0.175 e. The lowest BCUT2D eigenvalue weighted by Crippen LogP contribution is -2.07. The van der Waals surface area contributed by atoms with E-state index in [0.29, 0.717) is 5.92 Å². The SMILES string of the molecule is CC(C)CSCC(=O)c1ccc(F)cc1F. The summed E-state index contributed by atoms with van der Waals surface area (Å²) in [7, 11) is 0. The predicted molar refractivity (Wildman–Crippen MR) is 62.9 cm³/mol. The van der Waals surface area contributed by atoms with E-state index in [0.717, 1.165) is 17.9 Å². The van der Waals surface area contributed by atoms with Crippen molar-refractivity contribution in [1.82, 2.24) is 0 Å². The van der Waals surface area contributed by atoms with E-state index in [-0.39, 0.29) is 17.1 Å². The van der Waals surface area contributed by atoms with Gasteiger partial charge in [-0.3, -0.25) is 4.79 Å². The average molecular weight is 244 g/mol. The quantitative estimate of drug-likeness (QED) is 0.737. The highest BCUT2D eigenvalue weighted by Crippen LogP contribution is 2.14. The van der Waals surface area contributed by atoms with Crippen LogP contribution in [-0.4, -0.2) is 17.3 Å². The summed E-state index contributed by atoms with van der Waals surface area (Å²) < 4.78 is 25.8. The lowest BCUT2D eigenvalue weighted by Gasteiger charge is -2.04. The van der Waals surface area contributed by atoms with Gasteiger partial charge in [0.05, 0.1) is 11.3 Å². The van der Waals surface area contributed by atoms with Gasteiger partial charge in [0, 0.05) is 6.07 Å². The molecule has 0 amide bonds. The number of thioether (sulfide) groups is 1. The molecule has 0 bridgehead atoms. The number of hydrogen-bond donors (Lipinski definition) is 0. The Balaban J connectivity index is 2.59. The van der Waals surface area contributed by atoms with Crippen molar-refractivity contribution >= 4 is 17.5 Å². The minimum Gasteiger partial charge on any atom is -0.293 e. The van der Waals surface area contributed by atoms with Crippen LogP contribution in [0.3, 0.4) is 0 Å². The number of carbonyl (C=O) groups is 1. The van der Waals surface area contributed by atoms with Gasteiger partial charge in [0.15, 0.2) is 5.78 Å². The third-order valence-electron chi connectivity index (χ3n) is 1.92. The van der Waals surface area contributed by atoms with E-state index >= 15 is 0 Å². The van der Waals surface area contributed by atoms with E-state index in [4.69, 9.17) is 0 Å². The van der Waals surface area contributed by atoms with Gasteiger partial charge in [-0.05, 0) is 23.8 Å². The second-order valence-corrected chi connectivity index (χ2v) is 4.99. The van der Waals surface area contributed by atoms with Crippen molar-refractivity contribution < 1.29 is 13.6 Å². The van der Waals surface area contributed by atoms with Gasteiger partial charge in [0.25, 0.3) is 0 Å². The fraction of sp³-hybridized carbons (Fsp3) is 0.417. The molecule has 0 fully saturated rings. The van der Waals surface area contributed by atoms with Gasteiger partial charge in [0.2, 0.25) is 0 Å². The molecule has 0 spiro atoms. The van der Waals surface area contributed by atoms with Crippen molar-refractivity contribution in [2.24, 2.45) is 5.92 Å².